The first-order valence-corrected chi connectivity index (χ1v) is 10.3. The van der Waals surface area contributed by atoms with Gasteiger partial charge in [0, 0.05) is 32.4 Å². The number of unbranched alkanes of at least 4 members (excludes halogenated alkanes) is 1. The number of amides is 2. The topological polar surface area (TPSA) is 35.6 Å². The summed E-state index contributed by atoms with van der Waals surface area (Å²) in [7, 11) is 1.75. The maximum absolute atomic E-state index is 12.9. The second-order valence-electron chi connectivity index (χ2n) is 7.78. The van der Waals surface area contributed by atoms with Gasteiger partial charge in [-0.15, -0.1) is 0 Å². The van der Waals surface area contributed by atoms with Crippen molar-refractivity contribution in [3.05, 3.63) is 47.7 Å². The molecule has 7 heteroatoms. The molecule has 2 rings (SSSR count). The van der Waals surface area contributed by atoms with E-state index in [1.165, 1.54) is 12.1 Å². The molecule has 2 unspecified atom stereocenters. The van der Waals surface area contributed by atoms with E-state index in [1.54, 1.807) is 24.2 Å². The minimum atomic E-state index is -4.30. The zero-order chi connectivity index (χ0) is 21.4. The Morgan fingerprint density at radius 1 is 1.24 bits per heavy atom. The number of halogens is 3. The summed E-state index contributed by atoms with van der Waals surface area (Å²) >= 11 is 0. The molecular formula is C22H32F3N3O. The number of benzene rings is 1. The lowest BCUT2D eigenvalue weighted by Crippen LogP contribution is -2.42. The molecule has 1 N–H and O–H groups in total. The molecule has 4 nitrogen and oxygen atoms in total. The number of hydrogen-bond acceptors (Lipinski definition) is 2. The number of rotatable bonds is 10. The van der Waals surface area contributed by atoms with E-state index in [2.05, 4.69) is 19.2 Å². The van der Waals surface area contributed by atoms with Gasteiger partial charge < -0.3 is 15.1 Å². The molecule has 0 fully saturated rings. The molecule has 1 aliphatic rings. The molecule has 0 saturated heterocycles. The first-order chi connectivity index (χ1) is 13.7. The van der Waals surface area contributed by atoms with Gasteiger partial charge in [-0.05, 0) is 55.9 Å². The monoisotopic (exact) mass is 411 g/mol. The zero-order valence-electron chi connectivity index (χ0n) is 17.5. The molecule has 0 radical (unpaired) electrons. The van der Waals surface area contributed by atoms with Gasteiger partial charge in [-0.25, -0.2) is 4.79 Å². The van der Waals surface area contributed by atoms with E-state index in [-0.39, 0.29) is 18.0 Å². The summed E-state index contributed by atoms with van der Waals surface area (Å²) in [5.74, 6) is 0.228. The predicted molar refractivity (Wildman–Crippen MR) is 109 cm³/mol. The molecule has 0 aliphatic carbocycles. The zero-order valence-corrected chi connectivity index (χ0v) is 17.5. The summed E-state index contributed by atoms with van der Waals surface area (Å²) in [6, 6.07) is 5.89. The van der Waals surface area contributed by atoms with Gasteiger partial charge in [0.25, 0.3) is 0 Å². The number of urea groups is 1. The van der Waals surface area contributed by atoms with Crippen molar-refractivity contribution in [3.63, 3.8) is 0 Å². The van der Waals surface area contributed by atoms with E-state index in [4.69, 9.17) is 0 Å². The third kappa shape index (κ3) is 7.07. The SMILES string of the molecule is CCC(NCCCCN1CC=CN(C)C1=O)C(C)Cc1cccc(C(F)(F)F)c1. The van der Waals surface area contributed by atoms with Crippen molar-refractivity contribution in [2.75, 3.05) is 26.7 Å². The Hall–Kier alpha value is -2.02. The van der Waals surface area contributed by atoms with Gasteiger partial charge in [-0.1, -0.05) is 32.0 Å². The molecular weight excluding hydrogens is 379 g/mol. The summed E-state index contributed by atoms with van der Waals surface area (Å²) in [5.41, 5.74) is 0.129. The Morgan fingerprint density at radius 3 is 2.69 bits per heavy atom. The summed E-state index contributed by atoms with van der Waals surface area (Å²) in [4.78, 5) is 15.4. The number of nitrogens with zero attached hydrogens (tertiary/aromatic N) is 2. The molecule has 1 heterocycles. The van der Waals surface area contributed by atoms with Gasteiger partial charge in [-0.2, -0.15) is 13.2 Å². The van der Waals surface area contributed by atoms with Gasteiger partial charge in [0.15, 0.2) is 0 Å². The second kappa shape index (κ2) is 10.7. The van der Waals surface area contributed by atoms with Crippen molar-refractivity contribution in [1.82, 2.24) is 15.1 Å². The lowest BCUT2D eigenvalue weighted by molar-refractivity contribution is -0.137. The van der Waals surface area contributed by atoms with Gasteiger partial charge in [0.05, 0.1) is 5.56 Å². The first kappa shape index (κ1) is 23.3. The number of carbonyl (C=O) groups is 1. The van der Waals surface area contributed by atoms with Crippen molar-refractivity contribution in [2.45, 2.75) is 51.7 Å². The standard InChI is InChI=1S/C22H32F3N3O/c1-4-20(17(2)15-18-9-7-10-19(16-18)22(23,24)25)26-11-5-6-13-28-14-8-12-27(3)21(28)29/h7-10,12,16-17,20,26H,4-6,11,13-15H2,1-3H3. The van der Waals surface area contributed by atoms with Crippen LogP contribution in [-0.4, -0.2) is 48.6 Å². The Balaban J connectivity index is 1.75. The molecule has 0 spiro atoms. The molecule has 1 aliphatic heterocycles. The fourth-order valence-electron chi connectivity index (χ4n) is 3.74. The van der Waals surface area contributed by atoms with Gasteiger partial charge in [-0.3, -0.25) is 0 Å². The third-order valence-electron chi connectivity index (χ3n) is 5.43. The molecule has 0 saturated carbocycles. The average molecular weight is 412 g/mol. The highest BCUT2D eigenvalue weighted by Crippen LogP contribution is 2.30. The summed E-state index contributed by atoms with van der Waals surface area (Å²) < 4.78 is 38.7. The lowest BCUT2D eigenvalue weighted by Gasteiger charge is -2.29. The van der Waals surface area contributed by atoms with Crippen molar-refractivity contribution < 1.29 is 18.0 Å². The van der Waals surface area contributed by atoms with Crippen LogP contribution in [0.5, 0.6) is 0 Å². The highest BCUT2D eigenvalue weighted by molar-refractivity contribution is 5.76. The van der Waals surface area contributed by atoms with Crippen LogP contribution in [0.1, 0.15) is 44.2 Å². The largest absolute Gasteiger partial charge is 0.416 e. The minimum absolute atomic E-state index is 0.0293. The van der Waals surface area contributed by atoms with Crippen molar-refractivity contribution in [1.29, 1.82) is 0 Å². The van der Waals surface area contributed by atoms with E-state index in [0.29, 0.717) is 18.5 Å². The van der Waals surface area contributed by atoms with Crippen molar-refractivity contribution >= 4 is 6.03 Å². The second-order valence-corrected chi connectivity index (χ2v) is 7.78. The quantitative estimate of drug-likeness (QED) is 0.555. The van der Waals surface area contributed by atoms with Gasteiger partial charge in [0.1, 0.15) is 0 Å². The van der Waals surface area contributed by atoms with E-state index in [0.717, 1.165) is 38.4 Å². The van der Waals surface area contributed by atoms with Crippen LogP contribution >= 0.6 is 0 Å². The van der Waals surface area contributed by atoms with Crippen LogP contribution in [0.15, 0.2) is 36.5 Å². The molecule has 2 atom stereocenters. The first-order valence-electron chi connectivity index (χ1n) is 10.3. The van der Waals surface area contributed by atoms with Gasteiger partial charge in [0.2, 0.25) is 0 Å². The average Bonchev–Trinajstić information content (AvgIpc) is 2.67. The highest BCUT2D eigenvalue weighted by atomic mass is 19.4. The smallest absolute Gasteiger partial charge is 0.321 e. The Bertz CT molecular complexity index is 690. The van der Waals surface area contributed by atoms with Crippen LogP contribution in [0.25, 0.3) is 0 Å². The van der Waals surface area contributed by atoms with Crippen LogP contribution in [0.3, 0.4) is 0 Å². The van der Waals surface area contributed by atoms with Crippen molar-refractivity contribution in [3.8, 4) is 0 Å². The van der Waals surface area contributed by atoms with E-state index < -0.39 is 11.7 Å². The predicted octanol–water partition coefficient (Wildman–Crippen LogP) is 4.91. The van der Waals surface area contributed by atoms with E-state index >= 15 is 0 Å². The highest BCUT2D eigenvalue weighted by Gasteiger charge is 2.30. The Labute approximate surface area is 171 Å². The molecule has 2 amide bonds. The summed E-state index contributed by atoms with van der Waals surface area (Å²) in [6.45, 7) is 6.39. The fourth-order valence-corrected chi connectivity index (χ4v) is 3.74. The van der Waals surface area contributed by atoms with Crippen LogP contribution in [0, 0.1) is 5.92 Å². The van der Waals surface area contributed by atoms with Crippen LogP contribution in [0.2, 0.25) is 0 Å². The van der Waals surface area contributed by atoms with E-state index in [9.17, 15) is 18.0 Å². The molecule has 29 heavy (non-hydrogen) atoms. The van der Waals surface area contributed by atoms with Gasteiger partial charge >= 0.3 is 12.2 Å². The summed E-state index contributed by atoms with van der Waals surface area (Å²) in [5, 5.41) is 3.54. The molecule has 0 bridgehead atoms. The van der Waals surface area contributed by atoms with Crippen LogP contribution < -0.4 is 5.32 Å². The number of alkyl halides is 3. The fraction of sp³-hybridized carbons (Fsp3) is 0.591. The molecule has 1 aromatic rings. The Morgan fingerprint density at radius 2 is 2.00 bits per heavy atom. The third-order valence-corrected chi connectivity index (χ3v) is 5.43. The Kier molecular flexibility index (Phi) is 8.56. The number of carbonyl (C=O) groups excluding carboxylic acids is 1. The lowest BCUT2D eigenvalue weighted by atomic mass is 9.91. The van der Waals surface area contributed by atoms with E-state index in [1.807, 2.05) is 11.0 Å². The molecule has 0 aromatic heterocycles. The number of hydrogen-bond donors (Lipinski definition) is 1. The van der Waals surface area contributed by atoms with Crippen molar-refractivity contribution in [2.24, 2.45) is 5.92 Å². The molecule has 162 valence electrons. The number of nitrogens with one attached hydrogen (secondary N) is 1. The maximum Gasteiger partial charge on any atom is 0.416 e. The maximum atomic E-state index is 12.9. The van der Waals surface area contributed by atoms with Crippen LogP contribution in [0.4, 0.5) is 18.0 Å². The normalized spacial score (nSPS) is 17.0. The van der Waals surface area contributed by atoms with Crippen LogP contribution in [-0.2, 0) is 12.6 Å². The molecule has 1 aromatic carbocycles. The summed E-state index contributed by atoms with van der Waals surface area (Å²) in [6.07, 6.45) is 2.85. The minimum Gasteiger partial charge on any atom is -0.321 e.